The highest BCUT2D eigenvalue weighted by Gasteiger charge is 2.21. The zero-order chi connectivity index (χ0) is 23.3. The van der Waals surface area contributed by atoms with Crippen LogP contribution in [0, 0.1) is 6.92 Å². The lowest BCUT2D eigenvalue weighted by Crippen LogP contribution is -2.27. The monoisotopic (exact) mass is 437 g/mol. The van der Waals surface area contributed by atoms with Gasteiger partial charge >= 0.3 is 5.97 Å². The standard InChI is InChI=1S/C23H23N3O6/c1-5-32-23(29)21-16(13-20(27)26(25-21)17-9-7-6-8-14(17)2)24-22(28)15-10-11-18(30-3)19(12-15)31-4/h6-13H,5H2,1-4H3,(H,24,28). The van der Waals surface area contributed by atoms with E-state index in [0.717, 1.165) is 16.3 Å². The number of carbonyl (C=O) groups is 2. The van der Waals surface area contributed by atoms with Gasteiger partial charge in [0, 0.05) is 11.6 Å². The number of anilines is 1. The van der Waals surface area contributed by atoms with Crippen molar-refractivity contribution in [3.8, 4) is 17.2 Å². The maximum Gasteiger partial charge on any atom is 0.360 e. The van der Waals surface area contributed by atoms with Gasteiger partial charge in [0.05, 0.1) is 32.2 Å². The molecule has 0 aliphatic rings. The SMILES string of the molecule is CCOC(=O)c1nn(-c2ccccc2C)c(=O)cc1NC(=O)c1ccc(OC)c(OC)c1. The molecule has 1 N–H and O–H groups in total. The average molecular weight is 437 g/mol. The molecule has 0 aliphatic heterocycles. The number of ether oxygens (including phenoxy) is 3. The molecule has 3 rings (SSSR count). The Morgan fingerprint density at radius 3 is 2.41 bits per heavy atom. The number of rotatable bonds is 7. The molecule has 0 radical (unpaired) electrons. The number of carbonyl (C=O) groups excluding carboxylic acids is 2. The Balaban J connectivity index is 2.05. The van der Waals surface area contributed by atoms with Gasteiger partial charge in [0.15, 0.2) is 17.2 Å². The summed E-state index contributed by atoms with van der Waals surface area (Å²) in [4.78, 5) is 38.2. The Hall–Kier alpha value is -4.14. The molecule has 0 unspecified atom stereocenters. The summed E-state index contributed by atoms with van der Waals surface area (Å²) >= 11 is 0. The van der Waals surface area contributed by atoms with E-state index in [-0.39, 0.29) is 23.6 Å². The Labute approximate surface area is 184 Å². The summed E-state index contributed by atoms with van der Waals surface area (Å²) in [5.74, 6) is -0.513. The van der Waals surface area contributed by atoms with Gasteiger partial charge in [-0.05, 0) is 43.7 Å². The molecule has 1 amide bonds. The van der Waals surface area contributed by atoms with E-state index in [2.05, 4.69) is 10.4 Å². The molecule has 0 bridgehead atoms. The van der Waals surface area contributed by atoms with Gasteiger partial charge in [-0.3, -0.25) is 9.59 Å². The number of nitrogens with one attached hydrogen (secondary N) is 1. The van der Waals surface area contributed by atoms with Gasteiger partial charge in [0.2, 0.25) is 0 Å². The van der Waals surface area contributed by atoms with Crippen LogP contribution in [0.15, 0.2) is 53.3 Å². The zero-order valence-electron chi connectivity index (χ0n) is 18.2. The minimum absolute atomic E-state index is 0.0573. The van der Waals surface area contributed by atoms with Gasteiger partial charge < -0.3 is 19.5 Å². The third-order valence-corrected chi connectivity index (χ3v) is 4.64. The smallest absolute Gasteiger partial charge is 0.360 e. The van der Waals surface area contributed by atoms with Gasteiger partial charge in [0.1, 0.15) is 0 Å². The molecule has 0 saturated heterocycles. The molecular weight excluding hydrogens is 414 g/mol. The second-order valence-corrected chi connectivity index (χ2v) is 6.69. The maximum absolute atomic E-state index is 12.8. The molecule has 1 heterocycles. The number of nitrogens with zero attached hydrogens (tertiary/aromatic N) is 2. The van der Waals surface area contributed by atoms with E-state index in [9.17, 15) is 14.4 Å². The van der Waals surface area contributed by atoms with Gasteiger partial charge in [-0.25, -0.2) is 4.79 Å². The summed E-state index contributed by atoms with van der Waals surface area (Å²) < 4.78 is 16.6. The van der Waals surface area contributed by atoms with Crippen LogP contribution in [-0.2, 0) is 4.74 Å². The van der Waals surface area contributed by atoms with E-state index in [1.807, 2.05) is 19.1 Å². The van der Waals surface area contributed by atoms with Crippen LogP contribution >= 0.6 is 0 Å². The van der Waals surface area contributed by atoms with Crippen LogP contribution in [0.2, 0.25) is 0 Å². The van der Waals surface area contributed by atoms with Gasteiger partial charge in [-0.1, -0.05) is 18.2 Å². The molecule has 9 heteroatoms. The number of esters is 1. The van der Waals surface area contributed by atoms with Crippen LogP contribution in [0.3, 0.4) is 0 Å². The number of benzene rings is 2. The summed E-state index contributed by atoms with van der Waals surface area (Å²) in [6.07, 6.45) is 0. The molecule has 1 aromatic heterocycles. The number of methoxy groups -OCH3 is 2. The Kier molecular flexibility index (Phi) is 6.89. The Morgan fingerprint density at radius 2 is 1.75 bits per heavy atom. The number of para-hydroxylation sites is 1. The maximum atomic E-state index is 12.8. The van der Waals surface area contributed by atoms with Crippen molar-refractivity contribution in [2.24, 2.45) is 0 Å². The van der Waals surface area contributed by atoms with Crippen molar-refractivity contribution < 1.29 is 23.8 Å². The van der Waals surface area contributed by atoms with Crippen molar-refractivity contribution in [2.75, 3.05) is 26.1 Å². The minimum atomic E-state index is -0.766. The number of hydrogen-bond donors (Lipinski definition) is 1. The second kappa shape index (κ2) is 9.78. The fourth-order valence-corrected chi connectivity index (χ4v) is 3.05. The topological polar surface area (TPSA) is 109 Å². The lowest BCUT2D eigenvalue weighted by atomic mass is 10.1. The van der Waals surface area contributed by atoms with Gasteiger partial charge in [-0.2, -0.15) is 9.78 Å². The summed E-state index contributed by atoms with van der Waals surface area (Å²) in [6, 6.07) is 12.9. The van der Waals surface area contributed by atoms with Crippen LogP contribution in [-0.4, -0.2) is 42.5 Å². The van der Waals surface area contributed by atoms with E-state index in [1.54, 1.807) is 25.1 Å². The number of aryl methyl sites for hydroxylation is 1. The van der Waals surface area contributed by atoms with Crippen molar-refractivity contribution in [3.05, 3.63) is 75.7 Å². The third kappa shape index (κ3) is 4.61. The quantitative estimate of drug-likeness (QED) is 0.566. The predicted molar refractivity (Wildman–Crippen MR) is 118 cm³/mol. The van der Waals surface area contributed by atoms with Crippen molar-refractivity contribution in [2.45, 2.75) is 13.8 Å². The molecule has 0 saturated carbocycles. The summed E-state index contributed by atoms with van der Waals surface area (Å²) in [5, 5.41) is 6.78. The molecule has 32 heavy (non-hydrogen) atoms. The average Bonchev–Trinajstić information content (AvgIpc) is 2.79. The van der Waals surface area contributed by atoms with Crippen LogP contribution in [0.1, 0.15) is 33.3 Å². The predicted octanol–water partition coefficient (Wildman–Crippen LogP) is 2.99. The fraction of sp³-hybridized carbons (Fsp3) is 0.217. The first kappa shape index (κ1) is 22.5. The summed E-state index contributed by atoms with van der Waals surface area (Å²) in [6.45, 7) is 3.57. The normalized spacial score (nSPS) is 10.4. The molecule has 0 spiro atoms. The Bertz CT molecular complexity index is 1220. The molecule has 0 fully saturated rings. The highest BCUT2D eigenvalue weighted by atomic mass is 16.5. The molecule has 3 aromatic rings. The lowest BCUT2D eigenvalue weighted by Gasteiger charge is -2.14. The van der Waals surface area contributed by atoms with Crippen LogP contribution in [0.4, 0.5) is 5.69 Å². The second-order valence-electron chi connectivity index (χ2n) is 6.69. The van der Waals surface area contributed by atoms with Crippen LogP contribution in [0.5, 0.6) is 11.5 Å². The van der Waals surface area contributed by atoms with Gasteiger partial charge in [0.25, 0.3) is 11.5 Å². The molecule has 2 aromatic carbocycles. The summed E-state index contributed by atoms with van der Waals surface area (Å²) in [7, 11) is 2.94. The van der Waals surface area contributed by atoms with E-state index in [0.29, 0.717) is 17.2 Å². The lowest BCUT2D eigenvalue weighted by molar-refractivity contribution is 0.0518. The summed E-state index contributed by atoms with van der Waals surface area (Å²) in [5.41, 5.74) is 0.775. The molecule has 0 atom stereocenters. The first-order valence-corrected chi connectivity index (χ1v) is 9.80. The number of amides is 1. The van der Waals surface area contributed by atoms with Crippen molar-refractivity contribution in [1.29, 1.82) is 0 Å². The highest BCUT2D eigenvalue weighted by molar-refractivity contribution is 6.07. The number of hydrogen-bond acceptors (Lipinski definition) is 7. The minimum Gasteiger partial charge on any atom is -0.493 e. The number of aromatic nitrogens is 2. The molecular formula is C23H23N3O6. The Morgan fingerprint density at radius 1 is 1.03 bits per heavy atom. The highest BCUT2D eigenvalue weighted by Crippen LogP contribution is 2.28. The van der Waals surface area contributed by atoms with E-state index < -0.39 is 17.4 Å². The van der Waals surface area contributed by atoms with Crippen molar-refractivity contribution in [1.82, 2.24) is 9.78 Å². The molecule has 166 valence electrons. The fourth-order valence-electron chi connectivity index (χ4n) is 3.05. The molecule has 9 nitrogen and oxygen atoms in total. The van der Waals surface area contributed by atoms with E-state index >= 15 is 0 Å². The van der Waals surface area contributed by atoms with Crippen LogP contribution in [0.25, 0.3) is 5.69 Å². The van der Waals surface area contributed by atoms with Crippen molar-refractivity contribution in [3.63, 3.8) is 0 Å². The van der Waals surface area contributed by atoms with E-state index in [4.69, 9.17) is 14.2 Å². The van der Waals surface area contributed by atoms with E-state index in [1.165, 1.54) is 26.4 Å². The molecule has 0 aliphatic carbocycles. The largest absolute Gasteiger partial charge is 0.493 e. The van der Waals surface area contributed by atoms with Crippen LogP contribution < -0.4 is 20.3 Å². The van der Waals surface area contributed by atoms with Crippen molar-refractivity contribution >= 4 is 17.6 Å². The first-order chi connectivity index (χ1) is 15.4. The third-order valence-electron chi connectivity index (χ3n) is 4.64. The zero-order valence-corrected chi connectivity index (χ0v) is 18.2. The first-order valence-electron chi connectivity index (χ1n) is 9.80. The van der Waals surface area contributed by atoms with Gasteiger partial charge in [-0.15, -0.1) is 0 Å².